The van der Waals surface area contributed by atoms with Gasteiger partial charge in [-0.1, -0.05) is 11.6 Å². The lowest BCUT2D eigenvalue weighted by atomic mass is 10.2. The number of benzene rings is 1. The summed E-state index contributed by atoms with van der Waals surface area (Å²) in [7, 11) is 1.51. The molecule has 2 rings (SSSR count). The van der Waals surface area contributed by atoms with Crippen LogP contribution in [-0.2, 0) is 0 Å². The Morgan fingerprint density at radius 3 is 2.89 bits per heavy atom. The number of amides is 1. The van der Waals surface area contributed by atoms with E-state index in [-0.39, 0.29) is 5.91 Å². The molecule has 0 saturated heterocycles. The standard InChI is InChI=1S/C13H12ClN3O2/c1-19-12-6-8(2-3-10(12)14)17-13(18)9-4-5-16-7-11(9)15/h2-7H,15H2,1H3,(H,17,18). The normalized spacial score (nSPS) is 10.0. The smallest absolute Gasteiger partial charge is 0.257 e. The molecule has 6 heteroatoms. The highest BCUT2D eigenvalue weighted by atomic mass is 35.5. The van der Waals surface area contributed by atoms with Crippen LogP contribution in [0, 0.1) is 0 Å². The number of nitrogens with one attached hydrogen (secondary N) is 1. The van der Waals surface area contributed by atoms with E-state index in [0.717, 1.165) is 0 Å². The van der Waals surface area contributed by atoms with Gasteiger partial charge in [0.1, 0.15) is 5.75 Å². The van der Waals surface area contributed by atoms with Crippen LogP contribution in [0.15, 0.2) is 36.7 Å². The lowest BCUT2D eigenvalue weighted by Crippen LogP contribution is -2.14. The molecule has 1 amide bonds. The minimum absolute atomic E-state index is 0.315. The van der Waals surface area contributed by atoms with Crippen molar-refractivity contribution in [2.24, 2.45) is 0 Å². The molecule has 0 fully saturated rings. The Kier molecular flexibility index (Phi) is 3.87. The summed E-state index contributed by atoms with van der Waals surface area (Å²) in [6.45, 7) is 0. The maximum Gasteiger partial charge on any atom is 0.257 e. The van der Waals surface area contributed by atoms with Crippen LogP contribution in [0.1, 0.15) is 10.4 Å². The number of hydrogen-bond donors (Lipinski definition) is 2. The predicted molar refractivity (Wildman–Crippen MR) is 74.6 cm³/mol. The number of anilines is 2. The van der Waals surface area contributed by atoms with Crippen LogP contribution in [0.2, 0.25) is 5.02 Å². The van der Waals surface area contributed by atoms with Crippen molar-refractivity contribution in [3.05, 3.63) is 47.2 Å². The first-order valence-corrected chi connectivity index (χ1v) is 5.84. The number of ether oxygens (including phenoxy) is 1. The zero-order valence-corrected chi connectivity index (χ0v) is 10.9. The molecule has 98 valence electrons. The van der Waals surface area contributed by atoms with E-state index in [1.165, 1.54) is 19.5 Å². The molecule has 0 unspecified atom stereocenters. The molecule has 0 saturated carbocycles. The van der Waals surface area contributed by atoms with Crippen LogP contribution < -0.4 is 15.8 Å². The average molecular weight is 278 g/mol. The number of nitrogen functional groups attached to an aromatic ring is 1. The molecular weight excluding hydrogens is 266 g/mol. The summed E-state index contributed by atoms with van der Waals surface area (Å²) in [6, 6.07) is 6.52. The first kappa shape index (κ1) is 13.2. The van der Waals surface area contributed by atoms with E-state index in [0.29, 0.717) is 27.7 Å². The minimum atomic E-state index is -0.315. The van der Waals surface area contributed by atoms with E-state index in [1.807, 2.05) is 0 Å². The lowest BCUT2D eigenvalue weighted by molar-refractivity contribution is 0.102. The molecule has 1 aromatic heterocycles. The molecule has 5 nitrogen and oxygen atoms in total. The molecule has 0 aliphatic carbocycles. The summed E-state index contributed by atoms with van der Waals surface area (Å²) in [5, 5.41) is 3.19. The van der Waals surface area contributed by atoms with Crippen molar-refractivity contribution in [3.8, 4) is 5.75 Å². The first-order valence-electron chi connectivity index (χ1n) is 5.46. The second-order valence-electron chi connectivity index (χ2n) is 3.77. The van der Waals surface area contributed by atoms with Crippen LogP contribution in [-0.4, -0.2) is 18.0 Å². The van der Waals surface area contributed by atoms with Gasteiger partial charge in [0.05, 0.1) is 29.6 Å². The van der Waals surface area contributed by atoms with Gasteiger partial charge in [0.25, 0.3) is 5.91 Å². The Bertz CT molecular complexity index is 617. The topological polar surface area (TPSA) is 77.2 Å². The third kappa shape index (κ3) is 2.95. The molecule has 0 aliphatic rings. The third-order valence-electron chi connectivity index (χ3n) is 2.51. The van der Waals surface area contributed by atoms with Gasteiger partial charge in [-0.15, -0.1) is 0 Å². The number of pyridine rings is 1. The lowest BCUT2D eigenvalue weighted by Gasteiger charge is -2.09. The number of carbonyl (C=O) groups excluding carboxylic acids is 1. The average Bonchev–Trinajstić information content (AvgIpc) is 2.41. The molecule has 0 atom stereocenters. The molecule has 2 aromatic rings. The maximum atomic E-state index is 12.0. The number of aromatic nitrogens is 1. The number of nitrogens with zero attached hydrogens (tertiary/aromatic N) is 1. The van der Waals surface area contributed by atoms with Gasteiger partial charge in [-0.05, 0) is 18.2 Å². The highest BCUT2D eigenvalue weighted by molar-refractivity contribution is 6.32. The van der Waals surface area contributed by atoms with Gasteiger partial charge in [0.2, 0.25) is 0 Å². The quantitative estimate of drug-likeness (QED) is 0.904. The second kappa shape index (κ2) is 5.58. The van der Waals surface area contributed by atoms with Crippen molar-refractivity contribution < 1.29 is 9.53 Å². The fraction of sp³-hybridized carbons (Fsp3) is 0.0769. The van der Waals surface area contributed by atoms with Crippen LogP contribution >= 0.6 is 11.6 Å². The Morgan fingerprint density at radius 2 is 2.21 bits per heavy atom. The number of methoxy groups -OCH3 is 1. The van der Waals surface area contributed by atoms with Gasteiger partial charge in [0.15, 0.2) is 0 Å². The number of carbonyl (C=O) groups is 1. The summed E-state index contributed by atoms with van der Waals surface area (Å²) in [6.07, 6.45) is 2.94. The molecule has 0 aliphatic heterocycles. The van der Waals surface area contributed by atoms with E-state index < -0.39 is 0 Å². The van der Waals surface area contributed by atoms with E-state index in [1.54, 1.807) is 24.3 Å². The summed E-state index contributed by atoms with van der Waals surface area (Å²) in [5.74, 6) is 0.173. The van der Waals surface area contributed by atoms with Gasteiger partial charge < -0.3 is 15.8 Å². The molecule has 0 radical (unpaired) electrons. The first-order chi connectivity index (χ1) is 9.11. The molecule has 0 spiro atoms. The van der Waals surface area contributed by atoms with Gasteiger partial charge in [-0.2, -0.15) is 0 Å². The molecule has 0 bridgehead atoms. The van der Waals surface area contributed by atoms with E-state index >= 15 is 0 Å². The number of rotatable bonds is 3. The second-order valence-corrected chi connectivity index (χ2v) is 4.17. The van der Waals surface area contributed by atoms with Gasteiger partial charge in [-0.3, -0.25) is 9.78 Å². The predicted octanol–water partition coefficient (Wildman–Crippen LogP) is 2.58. The number of nitrogens with two attached hydrogens (primary N) is 1. The highest BCUT2D eigenvalue weighted by Gasteiger charge is 2.10. The van der Waals surface area contributed by atoms with Gasteiger partial charge >= 0.3 is 0 Å². The number of hydrogen-bond acceptors (Lipinski definition) is 4. The zero-order chi connectivity index (χ0) is 13.8. The summed E-state index contributed by atoms with van der Waals surface area (Å²) in [5.41, 5.74) is 6.94. The van der Waals surface area contributed by atoms with Crippen LogP contribution in [0.4, 0.5) is 11.4 Å². The fourth-order valence-corrected chi connectivity index (χ4v) is 1.74. The van der Waals surface area contributed by atoms with Crippen LogP contribution in [0.25, 0.3) is 0 Å². The van der Waals surface area contributed by atoms with Crippen molar-refractivity contribution in [3.63, 3.8) is 0 Å². The molecule has 3 N–H and O–H groups in total. The van der Waals surface area contributed by atoms with Crippen LogP contribution in [0.5, 0.6) is 5.75 Å². The van der Waals surface area contributed by atoms with Crippen molar-refractivity contribution in [2.75, 3.05) is 18.2 Å². The SMILES string of the molecule is COc1cc(NC(=O)c2ccncc2N)ccc1Cl. The maximum absolute atomic E-state index is 12.0. The largest absolute Gasteiger partial charge is 0.495 e. The minimum Gasteiger partial charge on any atom is -0.495 e. The Labute approximate surface area is 115 Å². The molecule has 1 aromatic carbocycles. The number of halogens is 1. The highest BCUT2D eigenvalue weighted by Crippen LogP contribution is 2.27. The zero-order valence-electron chi connectivity index (χ0n) is 10.2. The van der Waals surface area contributed by atoms with Gasteiger partial charge in [0, 0.05) is 18.0 Å². The van der Waals surface area contributed by atoms with Crippen molar-refractivity contribution in [1.82, 2.24) is 4.98 Å². The summed E-state index contributed by atoms with van der Waals surface area (Å²) < 4.78 is 5.08. The fourth-order valence-electron chi connectivity index (χ4n) is 1.55. The van der Waals surface area contributed by atoms with E-state index in [2.05, 4.69) is 10.3 Å². The van der Waals surface area contributed by atoms with Crippen molar-refractivity contribution in [2.45, 2.75) is 0 Å². The summed E-state index contributed by atoms with van der Waals surface area (Å²) in [4.78, 5) is 15.9. The third-order valence-corrected chi connectivity index (χ3v) is 2.82. The monoisotopic (exact) mass is 277 g/mol. The molecular formula is C13H12ClN3O2. The van der Waals surface area contributed by atoms with Crippen molar-refractivity contribution in [1.29, 1.82) is 0 Å². The van der Waals surface area contributed by atoms with E-state index in [4.69, 9.17) is 22.1 Å². The Morgan fingerprint density at radius 1 is 1.42 bits per heavy atom. The Hall–Kier alpha value is -2.27. The van der Waals surface area contributed by atoms with Crippen molar-refractivity contribution >= 4 is 28.9 Å². The molecule has 1 heterocycles. The van der Waals surface area contributed by atoms with Crippen LogP contribution in [0.3, 0.4) is 0 Å². The van der Waals surface area contributed by atoms with Gasteiger partial charge in [-0.25, -0.2) is 0 Å². The van der Waals surface area contributed by atoms with E-state index in [9.17, 15) is 4.79 Å². The summed E-state index contributed by atoms with van der Waals surface area (Å²) >= 11 is 5.91. The Balaban J connectivity index is 2.22. The molecule has 19 heavy (non-hydrogen) atoms.